The minimum Gasteiger partial charge on any atom is -0.354 e. The molecular formula is C10H16BrNOS. The van der Waals surface area contributed by atoms with Crippen molar-refractivity contribution in [1.29, 1.82) is 0 Å². The first-order chi connectivity index (χ1) is 6.59. The summed E-state index contributed by atoms with van der Waals surface area (Å²) >= 11 is 4.99. The molecule has 0 bridgehead atoms. The predicted octanol–water partition coefficient (Wildman–Crippen LogP) is 1.89. The number of hydrogen-bond donors (Lipinski definition) is 1. The first-order valence-corrected chi connectivity index (χ1v) is 6.59. The Morgan fingerprint density at radius 1 is 1.64 bits per heavy atom. The van der Waals surface area contributed by atoms with Crippen LogP contribution in [0.1, 0.15) is 13.8 Å². The van der Waals surface area contributed by atoms with Gasteiger partial charge in [0.05, 0.1) is 10.6 Å². The van der Waals surface area contributed by atoms with Crippen molar-refractivity contribution >= 4 is 33.6 Å². The number of rotatable bonds is 6. The lowest BCUT2D eigenvalue weighted by Crippen LogP contribution is -2.35. The molecule has 0 radical (unpaired) electrons. The van der Waals surface area contributed by atoms with Crippen LogP contribution in [0.15, 0.2) is 0 Å². The second-order valence-corrected chi connectivity index (χ2v) is 5.29. The predicted molar refractivity (Wildman–Crippen MR) is 66.7 cm³/mol. The number of carbonyl (C=O) groups excluding carboxylic acids is 1. The molecule has 0 aliphatic carbocycles. The standard InChI is InChI=1S/C10H16BrNOS/c1-4-6-14-7-5-12-10(13)9(11)8(2)3/h1,8-9H,5-7H2,2-3H3,(H,12,13). The van der Waals surface area contributed by atoms with Crippen LogP contribution in [-0.4, -0.2) is 28.8 Å². The second-order valence-electron chi connectivity index (χ2n) is 3.19. The molecule has 1 N–H and O–H groups in total. The van der Waals surface area contributed by atoms with Crippen LogP contribution >= 0.6 is 27.7 Å². The minimum absolute atomic E-state index is 0.0568. The molecule has 4 heteroatoms. The monoisotopic (exact) mass is 277 g/mol. The normalized spacial score (nSPS) is 12.2. The molecule has 0 fully saturated rings. The molecule has 0 spiro atoms. The third kappa shape index (κ3) is 6.33. The number of carbonyl (C=O) groups is 1. The van der Waals surface area contributed by atoms with E-state index in [4.69, 9.17) is 6.42 Å². The Labute approximate surface area is 98.7 Å². The molecule has 0 rings (SSSR count). The molecule has 0 aromatic carbocycles. The summed E-state index contributed by atoms with van der Waals surface area (Å²) in [7, 11) is 0. The largest absolute Gasteiger partial charge is 0.354 e. The van der Waals surface area contributed by atoms with E-state index in [1.807, 2.05) is 13.8 Å². The molecule has 2 nitrogen and oxygen atoms in total. The highest BCUT2D eigenvalue weighted by Gasteiger charge is 2.17. The maximum atomic E-state index is 11.4. The van der Waals surface area contributed by atoms with Gasteiger partial charge in [0.15, 0.2) is 0 Å². The third-order valence-corrected chi connectivity index (χ3v) is 3.90. The van der Waals surface area contributed by atoms with Gasteiger partial charge in [-0.2, -0.15) is 0 Å². The average molecular weight is 278 g/mol. The highest BCUT2D eigenvalue weighted by Crippen LogP contribution is 2.11. The smallest absolute Gasteiger partial charge is 0.234 e. The molecular weight excluding hydrogens is 262 g/mol. The molecule has 1 amide bonds. The zero-order valence-corrected chi connectivity index (χ0v) is 11.0. The van der Waals surface area contributed by atoms with Crippen molar-refractivity contribution in [2.75, 3.05) is 18.1 Å². The molecule has 14 heavy (non-hydrogen) atoms. The van der Waals surface area contributed by atoms with Crippen LogP contribution in [0.4, 0.5) is 0 Å². The number of amides is 1. The summed E-state index contributed by atoms with van der Waals surface area (Å²) in [6.45, 7) is 4.69. The Morgan fingerprint density at radius 2 is 2.29 bits per heavy atom. The second kappa shape index (κ2) is 8.19. The van der Waals surface area contributed by atoms with Crippen molar-refractivity contribution in [2.24, 2.45) is 5.92 Å². The molecule has 0 saturated heterocycles. The van der Waals surface area contributed by atoms with Gasteiger partial charge in [0, 0.05) is 12.3 Å². The van der Waals surface area contributed by atoms with Gasteiger partial charge in [0.1, 0.15) is 0 Å². The maximum absolute atomic E-state index is 11.4. The summed E-state index contributed by atoms with van der Waals surface area (Å²) in [5, 5.41) is 2.85. The van der Waals surface area contributed by atoms with Crippen molar-refractivity contribution in [3.8, 4) is 12.3 Å². The Balaban J connectivity index is 3.50. The molecule has 0 saturated carbocycles. The molecule has 1 unspecified atom stereocenters. The summed E-state index contributed by atoms with van der Waals surface area (Å²) in [5.41, 5.74) is 0. The van der Waals surface area contributed by atoms with Crippen LogP contribution in [0.2, 0.25) is 0 Å². The van der Waals surface area contributed by atoms with Gasteiger partial charge < -0.3 is 5.32 Å². The molecule has 1 atom stereocenters. The summed E-state index contributed by atoms with van der Waals surface area (Å²) in [6.07, 6.45) is 5.09. The first kappa shape index (κ1) is 13.9. The van der Waals surface area contributed by atoms with Gasteiger partial charge in [-0.25, -0.2) is 0 Å². The van der Waals surface area contributed by atoms with Gasteiger partial charge >= 0.3 is 0 Å². The average Bonchev–Trinajstić information content (AvgIpc) is 2.16. The van der Waals surface area contributed by atoms with Crippen LogP contribution < -0.4 is 5.32 Å². The number of halogens is 1. The van der Waals surface area contributed by atoms with Gasteiger partial charge in [-0.05, 0) is 5.92 Å². The SMILES string of the molecule is C#CCSCCNC(=O)C(Br)C(C)C. The van der Waals surface area contributed by atoms with Crippen LogP contribution in [0.5, 0.6) is 0 Å². The van der Waals surface area contributed by atoms with Gasteiger partial charge in [-0.15, -0.1) is 18.2 Å². The Bertz CT molecular complexity index is 213. The quantitative estimate of drug-likeness (QED) is 0.457. The Hall–Kier alpha value is -0.140. The van der Waals surface area contributed by atoms with E-state index in [0.717, 1.165) is 5.75 Å². The number of hydrogen-bond acceptors (Lipinski definition) is 2. The summed E-state index contributed by atoms with van der Waals surface area (Å²) in [6, 6.07) is 0. The number of thioether (sulfide) groups is 1. The minimum atomic E-state index is -0.0971. The van der Waals surface area contributed by atoms with Crippen molar-refractivity contribution in [3.05, 3.63) is 0 Å². The molecule has 0 aromatic heterocycles. The topological polar surface area (TPSA) is 29.1 Å². The highest BCUT2D eigenvalue weighted by molar-refractivity contribution is 9.10. The number of terminal acetylenes is 1. The van der Waals surface area contributed by atoms with Crippen LogP contribution in [0, 0.1) is 18.3 Å². The summed E-state index contributed by atoms with van der Waals surface area (Å²) in [4.78, 5) is 11.3. The molecule has 0 aromatic rings. The van der Waals surface area contributed by atoms with E-state index in [1.54, 1.807) is 11.8 Å². The Morgan fingerprint density at radius 3 is 2.79 bits per heavy atom. The van der Waals surface area contributed by atoms with E-state index in [9.17, 15) is 4.79 Å². The van der Waals surface area contributed by atoms with E-state index in [0.29, 0.717) is 18.2 Å². The zero-order chi connectivity index (χ0) is 11.0. The number of alkyl halides is 1. The van der Waals surface area contributed by atoms with Crippen molar-refractivity contribution < 1.29 is 4.79 Å². The first-order valence-electron chi connectivity index (χ1n) is 4.52. The van der Waals surface area contributed by atoms with Crippen LogP contribution in [0.3, 0.4) is 0 Å². The number of nitrogens with one attached hydrogen (secondary N) is 1. The lowest BCUT2D eigenvalue weighted by atomic mass is 10.1. The van der Waals surface area contributed by atoms with Gasteiger partial charge in [-0.3, -0.25) is 4.79 Å². The summed E-state index contributed by atoms with van der Waals surface area (Å²) < 4.78 is 0. The fourth-order valence-electron chi connectivity index (χ4n) is 0.778. The van der Waals surface area contributed by atoms with E-state index in [2.05, 4.69) is 27.2 Å². The van der Waals surface area contributed by atoms with E-state index in [-0.39, 0.29) is 10.7 Å². The molecule has 80 valence electrons. The zero-order valence-electron chi connectivity index (χ0n) is 8.55. The van der Waals surface area contributed by atoms with Crippen LogP contribution in [-0.2, 0) is 4.79 Å². The van der Waals surface area contributed by atoms with E-state index in [1.165, 1.54) is 0 Å². The Kier molecular flexibility index (Phi) is 8.11. The summed E-state index contributed by atoms with van der Waals surface area (Å²) in [5.74, 6) is 4.48. The van der Waals surface area contributed by atoms with E-state index < -0.39 is 0 Å². The molecule has 0 aliphatic heterocycles. The molecule has 0 heterocycles. The van der Waals surface area contributed by atoms with Crippen LogP contribution in [0.25, 0.3) is 0 Å². The van der Waals surface area contributed by atoms with Crippen molar-refractivity contribution in [1.82, 2.24) is 5.32 Å². The van der Waals surface area contributed by atoms with Crippen molar-refractivity contribution in [2.45, 2.75) is 18.7 Å². The third-order valence-electron chi connectivity index (χ3n) is 1.57. The van der Waals surface area contributed by atoms with Crippen molar-refractivity contribution in [3.63, 3.8) is 0 Å². The highest BCUT2D eigenvalue weighted by atomic mass is 79.9. The molecule has 0 aliphatic rings. The van der Waals surface area contributed by atoms with Gasteiger partial charge in [0.25, 0.3) is 0 Å². The fraction of sp³-hybridized carbons (Fsp3) is 0.700. The lowest BCUT2D eigenvalue weighted by Gasteiger charge is -2.13. The maximum Gasteiger partial charge on any atom is 0.234 e. The lowest BCUT2D eigenvalue weighted by molar-refractivity contribution is -0.120. The van der Waals surface area contributed by atoms with E-state index >= 15 is 0 Å². The van der Waals surface area contributed by atoms with Gasteiger partial charge in [-0.1, -0.05) is 35.7 Å². The van der Waals surface area contributed by atoms with Gasteiger partial charge in [0.2, 0.25) is 5.91 Å². The fourth-order valence-corrected chi connectivity index (χ4v) is 1.45.